The van der Waals surface area contributed by atoms with Gasteiger partial charge in [0.15, 0.2) is 5.96 Å². The summed E-state index contributed by atoms with van der Waals surface area (Å²) in [7, 11) is 1.97. The Hall–Kier alpha value is -2.39. The van der Waals surface area contributed by atoms with Crippen LogP contribution in [-0.2, 0) is 31.5 Å². The van der Waals surface area contributed by atoms with Gasteiger partial charge < -0.3 is 15.0 Å². The van der Waals surface area contributed by atoms with Gasteiger partial charge in [-0.15, -0.1) is 24.0 Å². The second-order valence-electron chi connectivity index (χ2n) is 8.34. The highest BCUT2D eigenvalue weighted by molar-refractivity contribution is 14.0. The normalized spacial score (nSPS) is 16.0. The second kappa shape index (κ2) is 12.7. The number of likely N-dealkylation sites (tertiary alicyclic amines) is 1. The summed E-state index contributed by atoms with van der Waals surface area (Å²) in [6.45, 7) is 6.90. The molecule has 2 aromatic carbocycles. The van der Waals surface area contributed by atoms with Crippen LogP contribution >= 0.6 is 24.0 Å². The van der Waals surface area contributed by atoms with Gasteiger partial charge in [0.2, 0.25) is 0 Å². The maximum Gasteiger partial charge on any atom is 0.194 e. The van der Waals surface area contributed by atoms with E-state index in [1.807, 2.05) is 36.1 Å². The number of guanidine groups is 1. The Morgan fingerprint density at radius 2 is 1.76 bits per heavy atom. The third-order valence-electron chi connectivity index (χ3n) is 5.83. The number of nitrogens with one attached hydrogen (secondary N) is 1. The van der Waals surface area contributed by atoms with Crippen molar-refractivity contribution in [1.82, 2.24) is 20.0 Å². The second-order valence-corrected chi connectivity index (χ2v) is 8.34. The van der Waals surface area contributed by atoms with Crippen molar-refractivity contribution in [2.45, 2.75) is 39.0 Å². The molecule has 1 aliphatic rings. The van der Waals surface area contributed by atoms with E-state index in [-0.39, 0.29) is 24.0 Å². The van der Waals surface area contributed by atoms with Crippen molar-refractivity contribution in [3.63, 3.8) is 0 Å². The SMILES string of the molecule is CCNC(=NCc1ccc(COCc2ccccc2)cc1)N1CCC(c2cnn(C)c2)C1.I. The fourth-order valence-corrected chi connectivity index (χ4v) is 4.07. The quantitative estimate of drug-likeness (QED) is 0.247. The highest BCUT2D eigenvalue weighted by Gasteiger charge is 2.26. The van der Waals surface area contributed by atoms with E-state index in [1.54, 1.807) is 0 Å². The molecular formula is C26H34IN5O. The van der Waals surface area contributed by atoms with Crippen LogP contribution in [0.4, 0.5) is 0 Å². The summed E-state index contributed by atoms with van der Waals surface area (Å²) < 4.78 is 7.72. The molecule has 1 N–H and O–H groups in total. The summed E-state index contributed by atoms with van der Waals surface area (Å²) in [6.07, 6.45) is 5.25. The standard InChI is InChI=1S/C26H33N5O.HI/c1-3-27-26(31-14-13-24(18-31)25-16-29-30(2)17-25)28-15-21-9-11-23(12-10-21)20-32-19-22-7-5-4-6-8-22;/h4-12,16-17,24H,3,13-15,18-20H2,1-2H3,(H,27,28);1H. The van der Waals surface area contributed by atoms with Crippen molar-refractivity contribution in [3.05, 3.63) is 89.2 Å². The van der Waals surface area contributed by atoms with E-state index in [4.69, 9.17) is 9.73 Å². The smallest absolute Gasteiger partial charge is 0.194 e. The summed E-state index contributed by atoms with van der Waals surface area (Å²) in [5, 5.41) is 7.79. The van der Waals surface area contributed by atoms with Gasteiger partial charge in [0.05, 0.1) is 26.0 Å². The molecule has 1 saturated heterocycles. The van der Waals surface area contributed by atoms with Crippen LogP contribution in [-0.4, -0.2) is 40.3 Å². The average Bonchev–Trinajstić information content (AvgIpc) is 3.47. The number of hydrogen-bond donors (Lipinski definition) is 1. The third kappa shape index (κ3) is 7.30. The Morgan fingerprint density at radius 3 is 2.42 bits per heavy atom. The van der Waals surface area contributed by atoms with Crippen molar-refractivity contribution >= 4 is 29.9 Å². The van der Waals surface area contributed by atoms with Crippen molar-refractivity contribution in [2.75, 3.05) is 19.6 Å². The Bertz CT molecular complexity index is 1000. The monoisotopic (exact) mass is 559 g/mol. The highest BCUT2D eigenvalue weighted by atomic mass is 127. The molecule has 0 spiro atoms. The molecule has 4 rings (SSSR count). The van der Waals surface area contributed by atoms with Gasteiger partial charge in [-0.25, -0.2) is 4.99 Å². The van der Waals surface area contributed by atoms with Crippen molar-refractivity contribution in [1.29, 1.82) is 0 Å². The molecule has 3 aromatic rings. The molecule has 33 heavy (non-hydrogen) atoms. The number of halogens is 1. The van der Waals surface area contributed by atoms with E-state index < -0.39 is 0 Å². The summed E-state index contributed by atoms with van der Waals surface area (Å²) in [5.41, 5.74) is 4.90. The van der Waals surface area contributed by atoms with E-state index in [0.717, 1.165) is 32.0 Å². The molecular weight excluding hydrogens is 525 g/mol. The van der Waals surface area contributed by atoms with Crippen molar-refractivity contribution in [2.24, 2.45) is 12.0 Å². The lowest BCUT2D eigenvalue weighted by Crippen LogP contribution is -2.40. The molecule has 176 valence electrons. The Balaban J connectivity index is 0.00000306. The predicted octanol–water partition coefficient (Wildman–Crippen LogP) is 4.71. The van der Waals surface area contributed by atoms with Crippen LogP contribution in [0.5, 0.6) is 0 Å². The van der Waals surface area contributed by atoms with Gasteiger partial charge >= 0.3 is 0 Å². The summed E-state index contributed by atoms with van der Waals surface area (Å²) in [6, 6.07) is 18.8. The zero-order valence-electron chi connectivity index (χ0n) is 19.5. The number of aryl methyl sites for hydroxylation is 1. The van der Waals surface area contributed by atoms with Gasteiger partial charge in [-0.05, 0) is 35.6 Å². The first kappa shape index (κ1) is 25.2. The van der Waals surface area contributed by atoms with Crippen LogP contribution in [0.15, 0.2) is 72.0 Å². The minimum atomic E-state index is 0. The molecule has 0 radical (unpaired) electrons. The first-order valence-corrected chi connectivity index (χ1v) is 11.4. The van der Waals surface area contributed by atoms with Crippen LogP contribution in [0.3, 0.4) is 0 Å². The highest BCUT2D eigenvalue weighted by Crippen LogP contribution is 2.26. The van der Waals surface area contributed by atoms with Gasteiger partial charge in [0.1, 0.15) is 0 Å². The van der Waals surface area contributed by atoms with E-state index in [9.17, 15) is 0 Å². The molecule has 1 fully saturated rings. The van der Waals surface area contributed by atoms with Crippen molar-refractivity contribution in [3.8, 4) is 0 Å². The van der Waals surface area contributed by atoms with Crippen LogP contribution in [0.1, 0.15) is 41.5 Å². The molecule has 0 aliphatic carbocycles. The zero-order chi connectivity index (χ0) is 22.2. The third-order valence-corrected chi connectivity index (χ3v) is 5.83. The molecule has 1 atom stereocenters. The topological polar surface area (TPSA) is 54.7 Å². The van der Waals surface area contributed by atoms with Gasteiger partial charge in [0.25, 0.3) is 0 Å². The fourth-order valence-electron chi connectivity index (χ4n) is 4.07. The lowest BCUT2D eigenvalue weighted by atomic mass is 10.0. The number of aliphatic imine (C=N–C) groups is 1. The average molecular weight is 559 g/mol. The first-order chi connectivity index (χ1) is 15.7. The largest absolute Gasteiger partial charge is 0.372 e. The number of nitrogens with zero attached hydrogens (tertiary/aromatic N) is 4. The minimum absolute atomic E-state index is 0. The maximum atomic E-state index is 5.84. The Morgan fingerprint density at radius 1 is 1.06 bits per heavy atom. The molecule has 0 saturated carbocycles. The minimum Gasteiger partial charge on any atom is -0.372 e. The van der Waals surface area contributed by atoms with Crippen LogP contribution in [0.25, 0.3) is 0 Å². The van der Waals surface area contributed by atoms with Gasteiger partial charge in [-0.1, -0.05) is 54.6 Å². The van der Waals surface area contributed by atoms with Crippen LogP contribution in [0, 0.1) is 0 Å². The Kier molecular flexibility index (Phi) is 9.75. The Labute approximate surface area is 214 Å². The number of ether oxygens (including phenoxy) is 1. The number of rotatable bonds is 8. The molecule has 0 bridgehead atoms. The maximum absolute atomic E-state index is 5.84. The molecule has 0 amide bonds. The number of benzene rings is 2. The lowest BCUT2D eigenvalue weighted by Gasteiger charge is -2.21. The fraction of sp³-hybridized carbons (Fsp3) is 0.385. The van der Waals surface area contributed by atoms with Crippen molar-refractivity contribution < 1.29 is 4.74 Å². The molecule has 6 nitrogen and oxygen atoms in total. The lowest BCUT2D eigenvalue weighted by molar-refractivity contribution is 0.107. The van der Waals surface area contributed by atoms with Crippen LogP contribution in [0.2, 0.25) is 0 Å². The number of hydrogen-bond acceptors (Lipinski definition) is 3. The van der Waals surface area contributed by atoms with E-state index in [1.165, 1.54) is 22.3 Å². The molecule has 7 heteroatoms. The summed E-state index contributed by atoms with van der Waals surface area (Å²) >= 11 is 0. The van der Waals surface area contributed by atoms with Gasteiger partial charge in [-0.3, -0.25) is 4.68 Å². The predicted molar refractivity (Wildman–Crippen MR) is 144 cm³/mol. The van der Waals surface area contributed by atoms with Crippen LogP contribution < -0.4 is 5.32 Å². The molecule has 1 aliphatic heterocycles. The van der Waals surface area contributed by atoms with Gasteiger partial charge in [-0.2, -0.15) is 5.10 Å². The summed E-state index contributed by atoms with van der Waals surface area (Å²) in [5.74, 6) is 1.51. The summed E-state index contributed by atoms with van der Waals surface area (Å²) in [4.78, 5) is 7.28. The molecule has 1 unspecified atom stereocenters. The van der Waals surface area contributed by atoms with E-state index >= 15 is 0 Å². The van der Waals surface area contributed by atoms with E-state index in [0.29, 0.717) is 25.7 Å². The molecule has 1 aromatic heterocycles. The number of aromatic nitrogens is 2. The molecule has 2 heterocycles. The first-order valence-electron chi connectivity index (χ1n) is 11.4. The zero-order valence-corrected chi connectivity index (χ0v) is 21.8. The van der Waals surface area contributed by atoms with E-state index in [2.05, 4.69) is 64.8 Å². The van der Waals surface area contributed by atoms with Gasteiger partial charge in [0, 0.05) is 38.8 Å².